The van der Waals surface area contributed by atoms with Crippen LogP contribution in [0.3, 0.4) is 0 Å². The highest BCUT2D eigenvalue weighted by molar-refractivity contribution is 5.61. The van der Waals surface area contributed by atoms with E-state index in [1.54, 1.807) is 12.1 Å². The van der Waals surface area contributed by atoms with Crippen LogP contribution < -0.4 is 4.74 Å². The van der Waals surface area contributed by atoms with Crippen LogP contribution in [0.5, 0.6) is 11.5 Å². The Morgan fingerprint density at radius 3 is 2.41 bits per heavy atom. The summed E-state index contributed by atoms with van der Waals surface area (Å²) in [6, 6.07) is 4.80. The van der Waals surface area contributed by atoms with Crippen LogP contribution in [-0.4, -0.2) is 38.5 Å². The molecule has 5 heteroatoms. The van der Waals surface area contributed by atoms with Crippen molar-refractivity contribution >= 4 is 6.29 Å². The maximum Gasteiger partial charge on any atom is 0.229 e. The zero-order valence-electron chi connectivity index (χ0n) is 10.1. The molecule has 94 valence electrons. The van der Waals surface area contributed by atoms with Gasteiger partial charge in [0.1, 0.15) is 0 Å². The Morgan fingerprint density at radius 1 is 1.29 bits per heavy atom. The van der Waals surface area contributed by atoms with E-state index in [0.29, 0.717) is 12.0 Å². The number of hydrogen-bond donors (Lipinski definition) is 1. The van der Waals surface area contributed by atoms with E-state index in [-0.39, 0.29) is 12.2 Å². The Bertz CT molecular complexity index is 384. The first-order valence-electron chi connectivity index (χ1n) is 5.03. The minimum Gasteiger partial charge on any atom is -0.504 e. The Hall–Kier alpha value is -1.59. The molecule has 0 saturated heterocycles. The van der Waals surface area contributed by atoms with Gasteiger partial charge in [-0.3, -0.25) is 4.79 Å². The van der Waals surface area contributed by atoms with E-state index in [2.05, 4.69) is 0 Å². The van der Waals surface area contributed by atoms with Crippen molar-refractivity contribution in [1.82, 2.24) is 0 Å². The Labute approximate surface area is 99.9 Å². The highest BCUT2D eigenvalue weighted by Gasteiger charge is 2.29. The largest absolute Gasteiger partial charge is 0.504 e. The summed E-state index contributed by atoms with van der Waals surface area (Å²) in [6.07, 6.45) is 0.840. The maximum atomic E-state index is 11.0. The maximum absolute atomic E-state index is 11.0. The highest BCUT2D eigenvalue weighted by Crippen LogP contribution is 2.28. The summed E-state index contributed by atoms with van der Waals surface area (Å²) in [5, 5.41) is 9.45. The third-order valence-electron chi connectivity index (χ3n) is 2.57. The number of phenols is 1. The van der Waals surface area contributed by atoms with Gasteiger partial charge in [-0.05, 0) is 17.7 Å². The summed E-state index contributed by atoms with van der Waals surface area (Å²) in [7, 11) is 4.25. The second-order valence-electron chi connectivity index (χ2n) is 3.52. The first-order chi connectivity index (χ1) is 8.10. The van der Waals surface area contributed by atoms with Gasteiger partial charge in [0.15, 0.2) is 17.8 Å². The van der Waals surface area contributed by atoms with E-state index in [4.69, 9.17) is 14.2 Å². The monoisotopic (exact) mass is 240 g/mol. The molecule has 0 aliphatic heterocycles. The lowest BCUT2D eigenvalue weighted by Crippen LogP contribution is -2.38. The van der Waals surface area contributed by atoms with Gasteiger partial charge < -0.3 is 19.3 Å². The molecular formula is C12H16O5. The summed E-state index contributed by atoms with van der Waals surface area (Å²) in [4.78, 5) is 11.0. The van der Waals surface area contributed by atoms with Crippen LogP contribution >= 0.6 is 0 Å². The molecule has 1 aromatic rings. The average molecular weight is 240 g/mol. The quantitative estimate of drug-likeness (QED) is 0.596. The number of rotatable bonds is 6. The molecule has 1 aromatic carbocycles. The van der Waals surface area contributed by atoms with Crippen molar-refractivity contribution in [1.29, 1.82) is 0 Å². The van der Waals surface area contributed by atoms with Crippen molar-refractivity contribution in [2.75, 3.05) is 21.3 Å². The van der Waals surface area contributed by atoms with Crippen LogP contribution in [-0.2, 0) is 20.7 Å². The third-order valence-corrected chi connectivity index (χ3v) is 2.57. The molecule has 0 aromatic heterocycles. The molecule has 1 rings (SSSR count). The standard InChI is InChI=1S/C12H16O5/c1-15-11-6-9(4-5-10(11)14)7-12(8-13,16-2)17-3/h4-6,8,14H,7H2,1-3H3. The second-order valence-corrected chi connectivity index (χ2v) is 3.52. The van der Waals surface area contributed by atoms with Crippen LogP contribution in [0.2, 0.25) is 0 Å². The van der Waals surface area contributed by atoms with Gasteiger partial charge in [-0.25, -0.2) is 0 Å². The van der Waals surface area contributed by atoms with Crippen molar-refractivity contribution in [3.05, 3.63) is 23.8 Å². The number of benzene rings is 1. The molecule has 0 radical (unpaired) electrons. The number of carbonyl (C=O) groups excluding carboxylic acids is 1. The van der Waals surface area contributed by atoms with Gasteiger partial charge in [-0.2, -0.15) is 0 Å². The number of hydrogen-bond acceptors (Lipinski definition) is 5. The summed E-state index contributed by atoms with van der Waals surface area (Å²) in [5.41, 5.74) is 0.760. The fraction of sp³-hybridized carbons (Fsp3) is 0.417. The molecule has 5 nitrogen and oxygen atoms in total. The van der Waals surface area contributed by atoms with E-state index in [1.807, 2.05) is 0 Å². The number of ether oxygens (including phenoxy) is 3. The normalized spacial score (nSPS) is 11.2. The van der Waals surface area contributed by atoms with E-state index >= 15 is 0 Å². The summed E-state index contributed by atoms with van der Waals surface area (Å²) >= 11 is 0. The van der Waals surface area contributed by atoms with E-state index in [1.165, 1.54) is 27.4 Å². The van der Waals surface area contributed by atoms with Crippen molar-refractivity contribution in [3.63, 3.8) is 0 Å². The van der Waals surface area contributed by atoms with Gasteiger partial charge in [0.25, 0.3) is 0 Å². The van der Waals surface area contributed by atoms with Crippen LogP contribution in [0.15, 0.2) is 18.2 Å². The van der Waals surface area contributed by atoms with Crippen molar-refractivity contribution in [3.8, 4) is 11.5 Å². The average Bonchev–Trinajstić information content (AvgIpc) is 2.38. The zero-order valence-corrected chi connectivity index (χ0v) is 10.1. The lowest BCUT2D eigenvalue weighted by molar-refractivity contribution is -0.194. The molecule has 0 aliphatic rings. The van der Waals surface area contributed by atoms with E-state index in [9.17, 15) is 9.90 Å². The molecule has 0 heterocycles. The lowest BCUT2D eigenvalue weighted by Gasteiger charge is -2.24. The number of phenolic OH excluding ortho intramolecular Hbond substituents is 1. The fourth-order valence-electron chi connectivity index (χ4n) is 1.48. The van der Waals surface area contributed by atoms with Gasteiger partial charge in [0.05, 0.1) is 7.11 Å². The molecule has 0 spiro atoms. The molecule has 0 amide bonds. The van der Waals surface area contributed by atoms with Gasteiger partial charge in [-0.15, -0.1) is 0 Å². The van der Waals surface area contributed by atoms with Crippen LogP contribution in [0.1, 0.15) is 5.56 Å². The predicted molar refractivity (Wildman–Crippen MR) is 61.2 cm³/mol. The van der Waals surface area contributed by atoms with Gasteiger partial charge in [-0.1, -0.05) is 6.07 Å². The second kappa shape index (κ2) is 5.65. The summed E-state index contributed by atoms with van der Waals surface area (Å²) in [6.45, 7) is 0. The molecule has 0 aliphatic carbocycles. The van der Waals surface area contributed by atoms with Gasteiger partial charge in [0, 0.05) is 20.6 Å². The molecule has 17 heavy (non-hydrogen) atoms. The smallest absolute Gasteiger partial charge is 0.229 e. The number of carbonyl (C=O) groups is 1. The first kappa shape index (κ1) is 13.5. The lowest BCUT2D eigenvalue weighted by atomic mass is 10.1. The zero-order chi connectivity index (χ0) is 12.9. The molecular weight excluding hydrogens is 224 g/mol. The number of aromatic hydroxyl groups is 1. The molecule has 0 bridgehead atoms. The Balaban J connectivity index is 2.97. The Morgan fingerprint density at radius 2 is 1.94 bits per heavy atom. The van der Waals surface area contributed by atoms with Crippen LogP contribution in [0.25, 0.3) is 0 Å². The Kier molecular flexibility index (Phi) is 4.48. The van der Waals surface area contributed by atoms with E-state index < -0.39 is 5.79 Å². The molecule has 0 atom stereocenters. The first-order valence-corrected chi connectivity index (χ1v) is 5.03. The summed E-state index contributed by atoms with van der Waals surface area (Å²) in [5.74, 6) is -0.917. The summed E-state index contributed by atoms with van der Waals surface area (Å²) < 4.78 is 15.1. The van der Waals surface area contributed by atoms with Crippen LogP contribution in [0, 0.1) is 0 Å². The predicted octanol–water partition coefficient (Wildman–Crippen LogP) is 1.13. The highest BCUT2D eigenvalue weighted by atomic mass is 16.7. The minimum atomic E-state index is -1.30. The number of aldehydes is 1. The van der Waals surface area contributed by atoms with Crippen molar-refractivity contribution < 1.29 is 24.1 Å². The van der Waals surface area contributed by atoms with Crippen molar-refractivity contribution in [2.24, 2.45) is 0 Å². The van der Waals surface area contributed by atoms with Gasteiger partial charge in [0.2, 0.25) is 5.79 Å². The van der Waals surface area contributed by atoms with Crippen molar-refractivity contribution in [2.45, 2.75) is 12.2 Å². The molecule has 0 unspecified atom stereocenters. The minimum absolute atomic E-state index is 0.0442. The SMILES string of the molecule is COc1cc(CC(C=O)(OC)OC)ccc1O. The van der Waals surface area contributed by atoms with Crippen LogP contribution in [0.4, 0.5) is 0 Å². The third kappa shape index (κ3) is 2.95. The van der Waals surface area contributed by atoms with E-state index in [0.717, 1.165) is 5.56 Å². The topological polar surface area (TPSA) is 65.0 Å². The molecule has 0 saturated carbocycles. The number of methoxy groups -OCH3 is 3. The molecule has 1 N–H and O–H groups in total. The van der Waals surface area contributed by atoms with Gasteiger partial charge >= 0.3 is 0 Å². The molecule has 0 fully saturated rings. The fourth-order valence-corrected chi connectivity index (χ4v) is 1.48.